The van der Waals surface area contributed by atoms with E-state index in [1.807, 2.05) is 19.0 Å². The maximum atomic E-state index is 10.5. The van der Waals surface area contributed by atoms with Crippen molar-refractivity contribution in [1.29, 1.82) is 0 Å². The van der Waals surface area contributed by atoms with E-state index in [2.05, 4.69) is 0 Å². The highest BCUT2D eigenvalue weighted by atomic mass is 32.2. The summed E-state index contributed by atoms with van der Waals surface area (Å²) in [6.45, 7) is 1.15. The maximum Gasteiger partial charge on any atom is 0.335 e. The van der Waals surface area contributed by atoms with Gasteiger partial charge >= 0.3 is 10.3 Å². The van der Waals surface area contributed by atoms with Gasteiger partial charge in [-0.15, -0.1) is 0 Å². The summed E-state index contributed by atoms with van der Waals surface area (Å²) in [6.07, 6.45) is 0.712. The predicted octanol–water partition coefficient (Wildman–Crippen LogP) is -0.327. The smallest absolute Gasteiger partial charge is 0.309 e. The molecule has 0 amide bonds. The van der Waals surface area contributed by atoms with Crippen LogP contribution >= 0.6 is 0 Å². The zero-order chi connectivity index (χ0) is 9.78. The van der Waals surface area contributed by atoms with Gasteiger partial charge in [0.1, 0.15) is 0 Å². The van der Waals surface area contributed by atoms with Crippen molar-refractivity contribution in [2.45, 2.75) is 6.42 Å². The Hall–Kier alpha value is -0.170. The second kappa shape index (κ2) is 4.76. The van der Waals surface area contributed by atoms with E-state index >= 15 is 0 Å². The molecule has 0 atom stereocenters. The molecule has 5 nitrogen and oxygen atoms in total. The zero-order valence-corrected chi connectivity index (χ0v) is 8.50. The van der Waals surface area contributed by atoms with E-state index in [4.69, 9.17) is 4.55 Å². The molecule has 0 aliphatic heterocycles. The van der Waals surface area contributed by atoms with Crippen molar-refractivity contribution in [2.24, 2.45) is 0 Å². The van der Waals surface area contributed by atoms with E-state index < -0.39 is 10.3 Å². The van der Waals surface area contributed by atoms with Crippen LogP contribution in [0.3, 0.4) is 0 Å². The van der Waals surface area contributed by atoms with Crippen LogP contribution in [0.2, 0.25) is 0 Å². The van der Waals surface area contributed by atoms with Gasteiger partial charge in [0.15, 0.2) is 0 Å². The number of rotatable bonds is 5. The minimum Gasteiger partial charge on any atom is -0.309 e. The van der Waals surface area contributed by atoms with Gasteiger partial charge in [-0.3, -0.25) is 4.55 Å². The summed E-state index contributed by atoms with van der Waals surface area (Å²) < 4.78 is 30.4. The molecule has 0 rings (SSSR count). The molecule has 0 heterocycles. The Labute approximate surface area is 73.8 Å². The van der Waals surface area contributed by atoms with Crippen LogP contribution in [-0.4, -0.2) is 56.4 Å². The Bertz CT molecular complexity index is 213. The van der Waals surface area contributed by atoms with Crippen LogP contribution in [0.5, 0.6) is 0 Å². The minimum atomic E-state index is -3.99. The third kappa shape index (κ3) is 5.48. The van der Waals surface area contributed by atoms with E-state index in [1.165, 1.54) is 7.05 Å². The third-order valence-electron chi connectivity index (χ3n) is 1.47. The first kappa shape index (κ1) is 11.8. The Morgan fingerprint density at radius 2 is 1.67 bits per heavy atom. The summed E-state index contributed by atoms with van der Waals surface area (Å²) in [4.78, 5) is 1.96. The Kier molecular flexibility index (Phi) is 4.69. The largest absolute Gasteiger partial charge is 0.335 e. The first-order valence-corrected chi connectivity index (χ1v) is 5.07. The molecule has 0 unspecified atom stereocenters. The van der Waals surface area contributed by atoms with Crippen LogP contribution in [0.4, 0.5) is 0 Å². The lowest BCUT2D eigenvalue weighted by atomic mass is 10.4. The molecule has 74 valence electrons. The molecule has 0 radical (unpaired) electrons. The standard InChI is InChI=1S/C6H16N2O3S/c1-7(2)5-4-6-8(3)12(9,10)11/h4-6H2,1-3H3,(H,9,10,11). The summed E-state index contributed by atoms with van der Waals surface area (Å²) in [5.74, 6) is 0. The van der Waals surface area contributed by atoms with Crippen molar-refractivity contribution in [3.63, 3.8) is 0 Å². The molecule has 0 aliphatic rings. The molecule has 0 aromatic carbocycles. The molecular formula is C6H16N2O3S. The number of nitrogens with zero attached hydrogens (tertiary/aromatic N) is 2. The summed E-state index contributed by atoms with van der Waals surface area (Å²) in [6, 6.07) is 0. The molecule has 0 saturated heterocycles. The Morgan fingerprint density at radius 3 is 2.00 bits per heavy atom. The van der Waals surface area contributed by atoms with Crippen LogP contribution in [0.1, 0.15) is 6.42 Å². The summed E-state index contributed by atoms with van der Waals surface area (Å²) >= 11 is 0. The highest BCUT2D eigenvalue weighted by Gasteiger charge is 2.11. The van der Waals surface area contributed by atoms with Crippen molar-refractivity contribution in [1.82, 2.24) is 9.21 Å². The topological polar surface area (TPSA) is 60.9 Å². The van der Waals surface area contributed by atoms with Crippen molar-refractivity contribution >= 4 is 10.3 Å². The van der Waals surface area contributed by atoms with Crippen LogP contribution in [0, 0.1) is 0 Å². The molecule has 12 heavy (non-hydrogen) atoms. The van der Waals surface area contributed by atoms with E-state index in [1.54, 1.807) is 0 Å². The molecular weight excluding hydrogens is 180 g/mol. The van der Waals surface area contributed by atoms with Gasteiger partial charge in [-0.05, 0) is 27.1 Å². The quantitative estimate of drug-likeness (QED) is 0.612. The zero-order valence-electron chi connectivity index (χ0n) is 7.69. The van der Waals surface area contributed by atoms with E-state index in [0.29, 0.717) is 13.0 Å². The van der Waals surface area contributed by atoms with Gasteiger partial charge in [-0.1, -0.05) is 0 Å². The summed E-state index contributed by atoms with van der Waals surface area (Å²) in [5, 5.41) is 0. The second-order valence-corrected chi connectivity index (χ2v) is 4.48. The first-order valence-electron chi connectivity index (χ1n) is 3.67. The van der Waals surface area contributed by atoms with Crippen LogP contribution in [0.25, 0.3) is 0 Å². The predicted molar refractivity (Wildman–Crippen MR) is 47.3 cm³/mol. The fourth-order valence-electron chi connectivity index (χ4n) is 0.725. The lowest BCUT2D eigenvalue weighted by Crippen LogP contribution is -2.29. The molecule has 0 aliphatic carbocycles. The Morgan fingerprint density at radius 1 is 1.17 bits per heavy atom. The highest BCUT2D eigenvalue weighted by Crippen LogP contribution is 1.94. The van der Waals surface area contributed by atoms with Crippen LogP contribution in [0.15, 0.2) is 0 Å². The van der Waals surface area contributed by atoms with Gasteiger partial charge < -0.3 is 4.90 Å². The van der Waals surface area contributed by atoms with Gasteiger partial charge in [-0.25, -0.2) is 0 Å². The number of hydrogen-bond donors (Lipinski definition) is 1. The van der Waals surface area contributed by atoms with Gasteiger partial charge in [0.25, 0.3) is 0 Å². The fourth-order valence-corrected chi connectivity index (χ4v) is 1.08. The molecule has 0 saturated carbocycles. The molecule has 6 heteroatoms. The highest BCUT2D eigenvalue weighted by molar-refractivity contribution is 7.83. The van der Waals surface area contributed by atoms with E-state index in [-0.39, 0.29) is 0 Å². The summed E-state index contributed by atoms with van der Waals surface area (Å²) in [5.41, 5.74) is 0. The monoisotopic (exact) mass is 196 g/mol. The molecule has 0 aromatic heterocycles. The molecule has 0 spiro atoms. The second-order valence-electron chi connectivity index (χ2n) is 2.96. The van der Waals surface area contributed by atoms with E-state index in [0.717, 1.165) is 10.8 Å². The third-order valence-corrected chi connectivity index (χ3v) is 2.44. The molecule has 0 fully saturated rings. The SMILES string of the molecule is CN(C)CCCN(C)S(=O)(=O)O. The van der Waals surface area contributed by atoms with Crippen molar-refractivity contribution in [2.75, 3.05) is 34.2 Å². The van der Waals surface area contributed by atoms with Crippen LogP contribution in [-0.2, 0) is 10.3 Å². The number of hydrogen-bond acceptors (Lipinski definition) is 3. The maximum absolute atomic E-state index is 10.5. The average Bonchev–Trinajstić information content (AvgIpc) is 1.84. The Balaban J connectivity index is 3.66. The lowest BCUT2D eigenvalue weighted by molar-refractivity contribution is 0.348. The van der Waals surface area contributed by atoms with Crippen molar-refractivity contribution in [3.8, 4) is 0 Å². The first-order chi connectivity index (χ1) is 5.34. The van der Waals surface area contributed by atoms with Gasteiger partial charge in [0, 0.05) is 13.6 Å². The average molecular weight is 196 g/mol. The van der Waals surface area contributed by atoms with Crippen LogP contribution < -0.4 is 0 Å². The normalized spacial score (nSPS) is 12.8. The summed E-state index contributed by atoms with van der Waals surface area (Å²) in [7, 11) is 1.19. The van der Waals surface area contributed by atoms with Gasteiger partial charge in [-0.2, -0.15) is 12.7 Å². The molecule has 0 aromatic rings. The van der Waals surface area contributed by atoms with Crippen molar-refractivity contribution in [3.05, 3.63) is 0 Å². The lowest BCUT2D eigenvalue weighted by Gasteiger charge is -2.14. The van der Waals surface area contributed by atoms with Gasteiger partial charge in [0.05, 0.1) is 0 Å². The van der Waals surface area contributed by atoms with Crippen molar-refractivity contribution < 1.29 is 13.0 Å². The molecule has 0 bridgehead atoms. The van der Waals surface area contributed by atoms with E-state index in [9.17, 15) is 8.42 Å². The molecule has 1 N–H and O–H groups in total. The van der Waals surface area contributed by atoms with Gasteiger partial charge in [0.2, 0.25) is 0 Å². The fraction of sp³-hybridized carbons (Fsp3) is 1.00. The minimum absolute atomic E-state index is 0.344.